The van der Waals surface area contributed by atoms with Gasteiger partial charge in [0.25, 0.3) is 0 Å². The van der Waals surface area contributed by atoms with Gasteiger partial charge in [0, 0.05) is 30.2 Å². The van der Waals surface area contributed by atoms with Crippen molar-refractivity contribution in [2.24, 2.45) is 0 Å². The molecule has 2 aromatic rings. The lowest BCUT2D eigenvalue weighted by atomic mass is 10.1. The summed E-state index contributed by atoms with van der Waals surface area (Å²) in [6.45, 7) is 2.25. The third kappa shape index (κ3) is 2.64. The zero-order chi connectivity index (χ0) is 13.0. The van der Waals surface area contributed by atoms with Gasteiger partial charge in [-0.2, -0.15) is 5.26 Å². The Morgan fingerprint density at radius 3 is 2.72 bits per heavy atom. The Morgan fingerprint density at radius 2 is 2.06 bits per heavy atom. The van der Waals surface area contributed by atoms with Crippen LogP contribution in [0, 0.1) is 24.1 Å². The summed E-state index contributed by atoms with van der Waals surface area (Å²) in [5.74, 6) is -0.369. The molecule has 90 valence electrons. The van der Waals surface area contributed by atoms with Crippen LogP contribution in [0.15, 0.2) is 36.7 Å². The lowest BCUT2D eigenvalue weighted by Gasteiger charge is -2.10. The minimum Gasteiger partial charge on any atom is -0.381 e. The maximum absolute atomic E-state index is 13.6. The third-order valence-electron chi connectivity index (χ3n) is 2.71. The monoisotopic (exact) mass is 241 g/mol. The van der Waals surface area contributed by atoms with Crippen molar-refractivity contribution in [2.75, 3.05) is 5.32 Å². The number of pyridine rings is 1. The van der Waals surface area contributed by atoms with Gasteiger partial charge in [0.15, 0.2) is 0 Å². The normalized spacial score (nSPS) is 9.83. The number of rotatable bonds is 3. The van der Waals surface area contributed by atoms with Gasteiger partial charge >= 0.3 is 0 Å². The summed E-state index contributed by atoms with van der Waals surface area (Å²) in [4.78, 5) is 3.93. The number of nitrogens with one attached hydrogen (secondary N) is 1. The van der Waals surface area contributed by atoms with Gasteiger partial charge in [-0.25, -0.2) is 4.39 Å². The minimum absolute atomic E-state index is 0.315. The molecular formula is C14H12FN3. The number of aromatic nitrogens is 1. The van der Waals surface area contributed by atoms with Crippen molar-refractivity contribution in [1.29, 1.82) is 5.26 Å². The van der Waals surface area contributed by atoms with Crippen molar-refractivity contribution in [1.82, 2.24) is 4.98 Å². The Bertz CT molecular complexity index is 588. The van der Waals surface area contributed by atoms with Gasteiger partial charge in [0.2, 0.25) is 0 Å². The molecule has 3 nitrogen and oxygen atoms in total. The zero-order valence-corrected chi connectivity index (χ0v) is 9.94. The zero-order valence-electron chi connectivity index (χ0n) is 9.94. The molecule has 0 saturated heterocycles. The fourth-order valence-electron chi connectivity index (χ4n) is 1.62. The van der Waals surface area contributed by atoms with Crippen molar-refractivity contribution in [3.63, 3.8) is 0 Å². The number of anilines is 1. The summed E-state index contributed by atoms with van der Waals surface area (Å²) in [6, 6.07) is 8.60. The van der Waals surface area contributed by atoms with Crippen LogP contribution in [0.25, 0.3) is 0 Å². The SMILES string of the molecule is Cc1c(F)cc(C#N)cc1NCc1ccncc1. The highest BCUT2D eigenvalue weighted by Gasteiger charge is 2.06. The molecule has 18 heavy (non-hydrogen) atoms. The van der Waals surface area contributed by atoms with Gasteiger partial charge in [0.05, 0.1) is 11.6 Å². The van der Waals surface area contributed by atoms with E-state index in [9.17, 15) is 4.39 Å². The lowest BCUT2D eigenvalue weighted by molar-refractivity contribution is 0.618. The van der Waals surface area contributed by atoms with Gasteiger partial charge in [-0.05, 0) is 36.8 Å². The lowest BCUT2D eigenvalue weighted by Crippen LogP contribution is -2.03. The predicted octanol–water partition coefficient (Wildman–Crippen LogP) is 3.01. The summed E-state index contributed by atoms with van der Waals surface area (Å²) in [5, 5.41) is 11.9. The van der Waals surface area contributed by atoms with Crippen LogP contribution in [-0.4, -0.2) is 4.98 Å². The van der Waals surface area contributed by atoms with E-state index in [2.05, 4.69) is 10.3 Å². The summed E-state index contributed by atoms with van der Waals surface area (Å²) in [7, 11) is 0. The first-order chi connectivity index (χ1) is 8.70. The number of nitriles is 1. The fraction of sp³-hybridized carbons (Fsp3) is 0.143. The molecular weight excluding hydrogens is 229 g/mol. The minimum atomic E-state index is -0.369. The van der Waals surface area contributed by atoms with Gasteiger partial charge in [-0.3, -0.25) is 4.98 Å². The Morgan fingerprint density at radius 1 is 1.33 bits per heavy atom. The molecule has 0 aliphatic carbocycles. The van der Waals surface area contributed by atoms with E-state index in [-0.39, 0.29) is 5.82 Å². The second-order valence-corrected chi connectivity index (χ2v) is 3.95. The third-order valence-corrected chi connectivity index (χ3v) is 2.71. The van der Waals surface area contributed by atoms with Gasteiger partial charge in [-0.1, -0.05) is 0 Å². The molecule has 0 saturated carbocycles. The van der Waals surface area contributed by atoms with E-state index in [0.29, 0.717) is 23.4 Å². The van der Waals surface area contributed by atoms with Crippen molar-refractivity contribution >= 4 is 5.69 Å². The van der Waals surface area contributed by atoms with Crippen molar-refractivity contribution in [2.45, 2.75) is 13.5 Å². The molecule has 0 aliphatic rings. The average Bonchev–Trinajstić information content (AvgIpc) is 2.41. The van der Waals surface area contributed by atoms with Gasteiger partial charge < -0.3 is 5.32 Å². The highest BCUT2D eigenvalue weighted by molar-refractivity contribution is 5.56. The fourth-order valence-corrected chi connectivity index (χ4v) is 1.62. The van der Waals surface area contributed by atoms with E-state index in [1.165, 1.54) is 6.07 Å². The van der Waals surface area contributed by atoms with Crippen LogP contribution in [0.3, 0.4) is 0 Å². The van der Waals surface area contributed by atoms with E-state index in [4.69, 9.17) is 5.26 Å². The number of halogens is 1. The first kappa shape index (κ1) is 12.1. The Balaban J connectivity index is 2.19. The Labute approximate surface area is 105 Å². The summed E-state index contributed by atoms with van der Waals surface area (Å²) >= 11 is 0. The molecule has 1 aromatic carbocycles. The van der Waals surface area contributed by atoms with E-state index in [1.54, 1.807) is 25.4 Å². The molecule has 0 unspecified atom stereocenters. The van der Waals surface area contributed by atoms with Crippen LogP contribution in [0.5, 0.6) is 0 Å². The number of nitrogens with zero attached hydrogens (tertiary/aromatic N) is 2. The van der Waals surface area contributed by atoms with E-state index < -0.39 is 0 Å². The molecule has 1 N–H and O–H groups in total. The van der Waals surface area contributed by atoms with E-state index >= 15 is 0 Å². The Hall–Kier alpha value is -2.41. The predicted molar refractivity (Wildman–Crippen MR) is 67.4 cm³/mol. The van der Waals surface area contributed by atoms with Gasteiger partial charge in [0.1, 0.15) is 5.82 Å². The standard InChI is InChI=1S/C14H12FN3/c1-10-13(15)6-12(8-16)7-14(10)18-9-11-2-4-17-5-3-11/h2-7,18H,9H2,1H3. The van der Waals surface area contributed by atoms with E-state index in [0.717, 1.165) is 5.56 Å². The second kappa shape index (κ2) is 5.28. The van der Waals surface area contributed by atoms with Crippen molar-refractivity contribution in [3.05, 3.63) is 59.2 Å². The molecule has 0 spiro atoms. The largest absolute Gasteiger partial charge is 0.381 e. The molecule has 0 amide bonds. The number of benzene rings is 1. The smallest absolute Gasteiger partial charge is 0.129 e. The van der Waals surface area contributed by atoms with E-state index in [1.807, 2.05) is 18.2 Å². The summed E-state index contributed by atoms with van der Waals surface area (Å²) < 4.78 is 13.6. The summed E-state index contributed by atoms with van der Waals surface area (Å²) in [6.07, 6.45) is 3.41. The van der Waals surface area contributed by atoms with Crippen LogP contribution in [0.1, 0.15) is 16.7 Å². The van der Waals surface area contributed by atoms with Crippen LogP contribution in [0.4, 0.5) is 10.1 Å². The number of hydrogen-bond donors (Lipinski definition) is 1. The molecule has 2 rings (SSSR count). The molecule has 4 heteroatoms. The molecule has 0 aliphatic heterocycles. The van der Waals surface area contributed by atoms with Crippen LogP contribution < -0.4 is 5.32 Å². The van der Waals surface area contributed by atoms with Gasteiger partial charge in [-0.15, -0.1) is 0 Å². The molecule has 1 aromatic heterocycles. The first-order valence-corrected chi connectivity index (χ1v) is 5.53. The molecule has 0 bridgehead atoms. The van der Waals surface area contributed by atoms with Crippen LogP contribution >= 0.6 is 0 Å². The molecule has 0 fully saturated rings. The Kier molecular flexibility index (Phi) is 3.54. The second-order valence-electron chi connectivity index (χ2n) is 3.95. The topological polar surface area (TPSA) is 48.7 Å². The highest BCUT2D eigenvalue weighted by atomic mass is 19.1. The quantitative estimate of drug-likeness (QED) is 0.898. The highest BCUT2D eigenvalue weighted by Crippen LogP contribution is 2.21. The molecule has 1 heterocycles. The summed E-state index contributed by atoms with van der Waals surface area (Å²) in [5.41, 5.74) is 2.52. The molecule has 0 radical (unpaired) electrons. The van der Waals surface area contributed by atoms with Crippen LogP contribution in [-0.2, 0) is 6.54 Å². The molecule has 0 atom stereocenters. The maximum Gasteiger partial charge on any atom is 0.129 e. The van der Waals surface area contributed by atoms with Crippen molar-refractivity contribution in [3.8, 4) is 6.07 Å². The number of hydrogen-bond acceptors (Lipinski definition) is 3. The average molecular weight is 241 g/mol. The van der Waals surface area contributed by atoms with Crippen molar-refractivity contribution < 1.29 is 4.39 Å². The first-order valence-electron chi connectivity index (χ1n) is 5.53. The maximum atomic E-state index is 13.6. The van der Waals surface area contributed by atoms with Crippen LogP contribution in [0.2, 0.25) is 0 Å².